The van der Waals surface area contributed by atoms with Gasteiger partial charge in [-0.25, -0.2) is 0 Å². The number of hydrogen-bond donors (Lipinski definition) is 0. The second-order valence-corrected chi connectivity index (χ2v) is 7.93. The van der Waals surface area contributed by atoms with Crippen molar-refractivity contribution < 1.29 is 0 Å². The predicted molar refractivity (Wildman–Crippen MR) is 93.9 cm³/mol. The van der Waals surface area contributed by atoms with Gasteiger partial charge in [0.15, 0.2) is 5.17 Å². The number of rotatable bonds is 2. The molecule has 0 saturated carbocycles. The summed E-state index contributed by atoms with van der Waals surface area (Å²) in [5.41, 5.74) is 2.47. The highest BCUT2D eigenvalue weighted by Crippen LogP contribution is 2.47. The quantitative estimate of drug-likeness (QED) is 0.769. The number of halogens is 1. The Morgan fingerprint density at radius 2 is 2.30 bits per heavy atom. The first-order valence-corrected chi connectivity index (χ1v) is 9.53. The minimum atomic E-state index is 0.843. The van der Waals surface area contributed by atoms with Gasteiger partial charge in [-0.2, -0.15) is 0 Å². The summed E-state index contributed by atoms with van der Waals surface area (Å²) in [7, 11) is 0. The van der Waals surface area contributed by atoms with Gasteiger partial charge < -0.3 is 4.90 Å². The van der Waals surface area contributed by atoms with Crippen molar-refractivity contribution in [1.82, 2.24) is 4.90 Å². The zero-order valence-corrected chi connectivity index (χ0v) is 13.9. The smallest absolute Gasteiger partial charge is 0.169 e. The van der Waals surface area contributed by atoms with E-state index in [0.717, 1.165) is 23.3 Å². The molecule has 0 saturated heterocycles. The van der Waals surface area contributed by atoms with Crippen molar-refractivity contribution in [1.29, 1.82) is 0 Å². The van der Waals surface area contributed by atoms with Crippen LogP contribution in [0.2, 0.25) is 5.02 Å². The number of nitrogens with zero attached hydrogens (tertiary/aromatic N) is 2. The fraction of sp³-hybridized carbons (Fsp3) is 0.214. The Morgan fingerprint density at radius 3 is 3.15 bits per heavy atom. The van der Waals surface area contributed by atoms with E-state index in [9.17, 15) is 0 Å². The number of hydrogen-bond acceptors (Lipinski definition) is 5. The summed E-state index contributed by atoms with van der Waals surface area (Å²) >= 11 is 11.7. The Bertz CT molecular complexity index is 763. The van der Waals surface area contributed by atoms with Crippen LogP contribution in [0.5, 0.6) is 0 Å². The van der Waals surface area contributed by atoms with Crippen LogP contribution in [-0.4, -0.2) is 29.4 Å². The van der Waals surface area contributed by atoms with Gasteiger partial charge in [0.05, 0.1) is 26.2 Å². The molecule has 6 heteroatoms. The van der Waals surface area contributed by atoms with Crippen molar-refractivity contribution in [3.05, 3.63) is 38.4 Å². The Hall–Kier alpha value is -0.620. The van der Waals surface area contributed by atoms with Gasteiger partial charge in [0.25, 0.3) is 0 Å². The molecule has 0 radical (unpaired) electrons. The molecule has 0 atom stereocenters. The molecule has 3 heterocycles. The third-order valence-electron chi connectivity index (χ3n) is 3.41. The first kappa shape index (κ1) is 13.1. The normalized spacial score (nSPS) is 18.1. The van der Waals surface area contributed by atoms with E-state index in [1.165, 1.54) is 25.6 Å². The zero-order chi connectivity index (χ0) is 13.7. The SMILES string of the molecule is CSC1=C(c2cc(Cl)c3sccc3c2)N2CCN=C2S1. The molecule has 0 fully saturated rings. The lowest BCUT2D eigenvalue weighted by atomic mass is 10.1. The molecule has 2 aromatic rings. The van der Waals surface area contributed by atoms with Crippen molar-refractivity contribution in [3.63, 3.8) is 0 Å². The van der Waals surface area contributed by atoms with Gasteiger partial charge in [-0.1, -0.05) is 11.6 Å². The molecule has 0 aliphatic carbocycles. The van der Waals surface area contributed by atoms with E-state index in [4.69, 9.17) is 11.6 Å². The lowest BCUT2D eigenvalue weighted by molar-refractivity contribution is 0.649. The van der Waals surface area contributed by atoms with Crippen LogP contribution in [0, 0.1) is 0 Å². The fourth-order valence-corrected chi connectivity index (χ4v) is 5.61. The number of thiophene rings is 1. The molecule has 1 aromatic carbocycles. The van der Waals surface area contributed by atoms with Crippen LogP contribution in [-0.2, 0) is 0 Å². The summed E-state index contributed by atoms with van der Waals surface area (Å²) in [4.78, 5) is 6.89. The summed E-state index contributed by atoms with van der Waals surface area (Å²) in [6.45, 7) is 1.86. The molecule has 1 aromatic heterocycles. The van der Waals surface area contributed by atoms with Crippen molar-refractivity contribution in [2.24, 2.45) is 4.99 Å². The maximum Gasteiger partial charge on any atom is 0.169 e. The molecule has 0 bridgehead atoms. The summed E-state index contributed by atoms with van der Waals surface area (Å²) < 4.78 is 2.48. The van der Waals surface area contributed by atoms with E-state index < -0.39 is 0 Å². The molecule has 2 nitrogen and oxygen atoms in total. The Balaban J connectivity index is 1.90. The van der Waals surface area contributed by atoms with E-state index in [2.05, 4.69) is 39.7 Å². The van der Waals surface area contributed by atoms with Gasteiger partial charge in [0.1, 0.15) is 0 Å². The van der Waals surface area contributed by atoms with Crippen LogP contribution in [0.4, 0.5) is 0 Å². The monoisotopic (exact) mass is 338 g/mol. The standard InChI is InChI=1S/C14H11ClN2S3/c1-18-13-11(17-4-3-16-14(17)20-13)9-6-8-2-5-19-12(8)10(15)7-9/h2,5-7H,3-4H2,1H3. The number of fused-ring (bicyclic) bond motifs is 2. The minimum absolute atomic E-state index is 0.843. The Kier molecular flexibility index (Phi) is 3.26. The van der Waals surface area contributed by atoms with Crippen LogP contribution in [0.1, 0.15) is 5.56 Å². The summed E-state index contributed by atoms with van der Waals surface area (Å²) in [5, 5.41) is 5.29. The largest absolute Gasteiger partial charge is 0.317 e. The minimum Gasteiger partial charge on any atom is -0.317 e. The second-order valence-electron chi connectivity index (χ2n) is 4.56. The number of amidine groups is 1. The molecule has 2 aliphatic rings. The number of aliphatic imine (C=N–C) groups is 1. The molecule has 102 valence electrons. The Labute approximate surface area is 134 Å². The third kappa shape index (κ3) is 1.91. The van der Waals surface area contributed by atoms with Crippen LogP contribution in [0.25, 0.3) is 15.8 Å². The average Bonchev–Trinajstić information content (AvgIpc) is 3.12. The summed E-state index contributed by atoms with van der Waals surface area (Å²) in [6.07, 6.45) is 2.12. The molecule has 0 amide bonds. The lowest BCUT2D eigenvalue weighted by Gasteiger charge is -2.17. The van der Waals surface area contributed by atoms with Gasteiger partial charge in [-0.05, 0) is 47.0 Å². The van der Waals surface area contributed by atoms with Gasteiger partial charge in [-0.3, -0.25) is 4.99 Å². The van der Waals surface area contributed by atoms with E-state index >= 15 is 0 Å². The van der Waals surface area contributed by atoms with Crippen LogP contribution in [0.3, 0.4) is 0 Å². The fourth-order valence-electron chi connectivity index (χ4n) is 2.55. The second kappa shape index (κ2) is 4.98. The van der Waals surface area contributed by atoms with E-state index in [1.54, 1.807) is 34.9 Å². The molecule has 4 rings (SSSR count). The third-order valence-corrected chi connectivity index (χ3v) is 7.01. The van der Waals surface area contributed by atoms with Gasteiger partial charge in [0.2, 0.25) is 0 Å². The van der Waals surface area contributed by atoms with E-state index in [1.807, 2.05) is 0 Å². The molecule has 0 unspecified atom stereocenters. The maximum atomic E-state index is 6.44. The molecule has 0 N–H and O–H groups in total. The van der Waals surface area contributed by atoms with Crippen molar-refractivity contribution in [3.8, 4) is 0 Å². The predicted octanol–water partition coefficient (Wildman–Crippen LogP) is 4.96. The van der Waals surface area contributed by atoms with Crippen LogP contribution < -0.4 is 0 Å². The zero-order valence-electron chi connectivity index (χ0n) is 10.7. The van der Waals surface area contributed by atoms with Crippen molar-refractivity contribution in [2.45, 2.75) is 0 Å². The van der Waals surface area contributed by atoms with E-state index in [-0.39, 0.29) is 0 Å². The lowest BCUT2D eigenvalue weighted by Crippen LogP contribution is -2.19. The molecular formula is C14H11ClN2S3. The highest BCUT2D eigenvalue weighted by atomic mass is 35.5. The van der Waals surface area contributed by atoms with Crippen LogP contribution >= 0.6 is 46.5 Å². The van der Waals surface area contributed by atoms with Gasteiger partial charge in [0, 0.05) is 12.1 Å². The van der Waals surface area contributed by atoms with E-state index in [0.29, 0.717) is 0 Å². The molecular weight excluding hydrogens is 328 g/mol. The average molecular weight is 339 g/mol. The van der Waals surface area contributed by atoms with Gasteiger partial charge in [-0.15, -0.1) is 23.1 Å². The molecule has 0 spiro atoms. The maximum absolute atomic E-state index is 6.44. The summed E-state index contributed by atoms with van der Waals surface area (Å²) in [5.74, 6) is 0. The highest BCUT2D eigenvalue weighted by Gasteiger charge is 2.33. The highest BCUT2D eigenvalue weighted by molar-refractivity contribution is 8.30. The first-order valence-electron chi connectivity index (χ1n) is 6.23. The van der Waals surface area contributed by atoms with Crippen molar-refractivity contribution >= 4 is 67.4 Å². The Morgan fingerprint density at radius 1 is 1.40 bits per heavy atom. The topological polar surface area (TPSA) is 15.6 Å². The summed E-state index contributed by atoms with van der Waals surface area (Å²) in [6, 6.07) is 6.47. The molecule has 20 heavy (non-hydrogen) atoms. The van der Waals surface area contributed by atoms with Crippen LogP contribution in [0.15, 0.2) is 32.8 Å². The van der Waals surface area contributed by atoms with Crippen molar-refractivity contribution in [2.75, 3.05) is 19.3 Å². The number of benzene rings is 1. The first-order chi connectivity index (χ1) is 9.78. The van der Waals surface area contributed by atoms with Gasteiger partial charge >= 0.3 is 0 Å². The molecule has 2 aliphatic heterocycles. The number of thioether (sulfide) groups is 2.